The molecule has 1 aromatic carbocycles. The van der Waals surface area contributed by atoms with E-state index in [1.54, 1.807) is 10.7 Å². The lowest BCUT2D eigenvalue weighted by Gasteiger charge is -2.33. The summed E-state index contributed by atoms with van der Waals surface area (Å²) in [6.07, 6.45) is 3.87. The van der Waals surface area contributed by atoms with Gasteiger partial charge in [0.15, 0.2) is 11.6 Å². The average Bonchev–Trinajstić information content (AvgIpc) is 3.15. The fraction of sp³-hybridized carbons (Fsp3) is 0.333. The minimum atomic E-state index is -2.91. The number of hydrogen-bond acceptors (Lipinski definition) is 5. The molecule has 2 aromatic heterocycles. The van der Waals surface area contributed by atoms with Gasteiger partial charge < -0.3 is 15.1 Å². The largest absolute Gasteiger partial charge is 0.372 e. The van der Waals surface area contributed by atoms with E-state index >= 15 is 0 Å². The van der Waals surface area contributed by atoms with Gasteiger partial charge in [-0.05, 0) is 31.0 Å². The first-order valence-electron chi connectivity index (χ1n) is 10.7. The van der Waals surface area contributed by atoms with Crippen LogP contribution in [0.1, 0.15) is 25.3 Å². The highest BCUT2D eigenvalue weighted by molar-refractivity contribution is 5.75. The Kier molecular flexibility index (Phi) is 5.86. The number of aryl methyl sites for hydroxylation is 1. The number of benzene rings is 1. The molecular formula is C24H28F2N6. The molecule has 1 aliphatic heterocycles. The summed E-state index contributed by atoms with van der Waals surface area (Å²) in [6, 6.07) is 12.2. The molecule has 0 saturated carbocycles. The first-order valence-corrected chi connectivity index (χ1v) is 10.7. The van der Waals surface area contributed by atoms with Gasteiger partial charge in [-0.25, -0.2) is 13.8 Å². The number of nitrogens with zero attached hydrogens (tertiary/aromatic N) is 5. The molecule has 6 nitrogen and oxygen atoms in total. The molecule has 3 heterocycles. The van der Waals surface area contributed by atoms with Gasteiger partial charge in [-0.3, -0.25) is 4.68 Å². The van der Waals surface area contributed by atoms with Crippen LogP contribution in [-0.2, 0) is 13.0 Å². The minimum Gasteiger partial charge on any atom is -0.372 e. The Morgan fingerprint density at radius 1 is 1.09 bits per heavy atom. The van der Waals surface area contributed by atoms with Crippen LogP contribution in [0.5, 0.6) is 0 Å². The number of hydrogen-bond donors (Lipinski definition) is 1. The smallest absolute Gasteiger partial charge is 0.270 e. The Labute approximate surface area is 187 Å². The van der Waals surface area contributed by atoms with Gasteiger partial charge in [0.1, 0.15) is 5.82 Å². The number of nitrogens with one attached hydrogen (secondary N) is 1. The van der Waals surface area contributed by atoms with Gasteiger partial charge in [0.25, 0.3) is 5.92 Å². The van der Waals surface area contributed by atoms with E-state index in [0.29, 0.717) is 22.9 Å². The van der Waals surface area contributed by atoms with Crippen molar-refractivity contribution in [2.45, 2.75) is 25.7 Å². The van der Waals surface area contributed by atoms with Crippen LogP contribution in [0.4, 0.5) is 26.1 Å². The molecule has 8 heteroatoms. The van der Waals surface area contributed by atoms with Crippen LogP contribution in [0.15, 0.2) is 61.1 Å². The zero-order chi connectivity index (χ0) is 22.9. The summed E-state index contributed by atoms with van der Waals surface area (Å²) in [5.74, 6) is -0.804. The molecule has 0 bridgehead atoms. The second-order valence-corrected chi connectivity index (χ2v) is 8.24. The lowest BCUT2D eigenvalue weighted by molar-refractivity contribution is 0.0175. The summed E-state index contributed by atoms with van der Waals surface area (Å²) in [6.45, 7) is 6.80. The Morgan fingerprint density at radius 2 is 1.88 bits per heavy atom. The highest BCUT2D eigenvalue weighted by Crippen LogP contribution is 2.35. The van der Waals surface area contributed by atoms with E-state index in [1.807, 2.05) is 49.5 Å². The quantitative estimate of drug-likeness (QED) is 0.592. The Hall–Kier alpha value is -3.42. The predicted octanol–water partition coefficient (Wildman–Crippen LogP) is 5.21. The Morgan fingerprint density at radius 3 is 2.59 bits per heavy atom. The van der Waals surface area contributed by atoms with Crippen molar-refractivity contribution in [3.8, 4) is 11.3 Å². The van der Waals surface area contributed by atoms with Gasteiger partial charge in [0, 0.05) is 57.5 Å². The molecule has 168 valence electrons. The van der Waals surface area contributed by atoms with Crippen molar-refractivity contribution < 1.29 is 8.78 Å². The summed E-state index contributed by atoms with van der Waals surface area (Å²) in [5, 5.41) is 7.64. The number of alkyl halides is 2. The Bertz CT molecular complexity index is 1120. The fourth-order valence-electron chi connectivity index (χ4n) is 3.86. The van der Waals surface area contributed by atoms with E-state index in [0.717, 1.165) is 44.4 Å². The second-order valence-electron chi connectivity index (χ2n) is 8.24. The summed E-state index contributed by atoms with van der Waals surface area (Å²) in [4.78, 5) is 9.13. The molecule has 0 aliphatic carbocycles. The van der Waals surface area contributed by atoms with Gasteiger partial charge in [0.2, 0.25) is 0 Å². The van der Waals surface area contributed by atoms with Crippen molar-refractivity contribution in [3.05, 3.63) is 66.6 Å². The van der Waals surface area contributed by atoms with Crippen LogP contribution in [0.2, 0.25) is 0 Å². The van der Waals surface area contributed by atoms with Gasteiger partial charge in [-0.1, -0.05) is 24.8 Å². The lowest BCUT2D eigenvalue weighted by Crippen LogP contribution is -2.33. The molecule has 0 amide bonds. The molecule has 32 heavy (non-hydrogen) atoms. The third-order valence-electron chi connectivity index (χ3n) is 5.62. The monoisotopic (exact) mass is 438 g/mol. The van der Waals surface area contributed by atoms with E-state index in [-0.39, 0.29) is 5.56 Å². The maximum Gasteiger partial charge on any atom is 0.270 e. The van der Waals surface area contributed by atoms with Crippen molar-refractivity contribution in [1.82, 2.24) is 14.8 Å². The standard InChI is InChI=1S/C24H28F2N6/c1-17(27-22-12-15-31(4)29-22)32-14-6-5-13-30(3)21-11-10-20(28-23(21)32)18-8-7-9-19(16-18)24(2,25)26/h7-12,15-16H,1,5-6,13-14H2,2-4H3,(H,27,29). The maximum atomic E-state index is 13.9. The summed E-state index contributed by atoms with van der Waals surface area (Å²) < 4.78 is 29.5. The van der Waals surface area contributed by atoms with Crippen LogP contribution in [-0.4, -0.2) is 34.9 Å². The summed E-state index contributed by atoms with van der Waals surface area (Å²) in [5.41, 5.74) is 2.23. The number of pyridine rings is 1. The molecule has 0 spiro atoms. The lowest BCUT2D eigenvalue weighted by atomic mass is 10.0. The number of fused-ring (bicyclic) bond motifs is 1. The van der Waals surface area contributed by atoms with Crippen LogP contribution < -0.4 is 15.1 Å². The van der Waals surface area contributed by atoms with E-state index < -0.39 is 5.92 Å². The van der Waals surface area contributed by atoms with Gasteiger partial charge in [0.05, 0.1) is 11.4 Å². The summed E-state index contributed by atoms with van der Waals surface area (Å²) >= 11 is 0. The third-order valence-corrected chi connectivity index (χ3v) is 5.62. The molecule has 0 atom stereocenters. The number of anilines is 3. The topological polar surface area (TPSA) is 49.2 Å². The second kappa shape index (κ2) is 8.61. The fourth-order valence-corrected chi connectivity index (χ4v) is 3.86. The number of aromatic nitrogens is 3. The molecular weight excluding hydrogens is 410 g/mol. The van der Waals surface area contributed by atoms with Crippen molar-refractivity contribution in [2.75, 3.05) is 35.3 Å². The van der Waals surface area contributed by atoms with Crippen molar-refractivity contribution in [3.63, 3.8) is 0 Å². The molecule has 1 aliphatic rings. The average molecular weight is 439 g/mol. The number of halogens is 2. The van der Waals surface area contributed by atoms with Crippen molar-refractivity contribution in [1.29, 1.82) is 0 Å². The summed E-state index contributed by atoms with van der Waals surface area (Å²) in [7, 11) is 3.90. The van der Waals surface area contributed by atoms with Crippen molar-refractivity contribution >= 4 is 17.3 Å². The Balaban J connectivity index is 1.74. The van der Waals surface area contributed by atoms with Crippen LogP contribution in [0.25, 0.3) is 11.3 Å². The zero-order valence-corrected chi connectivity index (χ0v) is 18.6. The highest BCUT2D eigenvalue weighted by atomic mass is 19.3. The molecule has 0 unspecified atom stereocenters. The molecule has 0 radical (unpaired) electrons. The molecule has 3 aromatic rings. The minimum absolute atomic E-state index is 0.0289. The van der Waals surface area contributed by atoms with E-state index in [1.165, 1.54) is 12.1 Å². The van der Waals surface area contributed by atoms with Gasteiger partial charge >= 0.3 is 0 Å². The van der Waals surface area contributed by atoms with E-state index in [4.69, 9.17) is 4.98 Å². The molecule has 0 saturated heterocycles. The van der Waals surface area contributed by atoms with E-state index in [2.05, 4.69) is 21.9 Å². The number of rotatable bonds is 5. The van der Waals surface area contributed by atoms with Gasteiger partial charge in [-0.15, -0.1) is 0 Å². The normalized spacial score (nSPS) is 14.5. The molecule has 1 N–H and O–H groups in total. The first-order chi connectivity index (χ1) is 15.2. The highest BCUT2D eigenvalue weighted by Gasteiger charge is 2.25. The predicted molar refractivity (Wildman–Crippen MR) is 125 cm³/mol. The SMILES string of the molecule is C=C(Nc1ccn(C)n1)N1CCCCN(C)c2ccc(-c3cccc(C(C)(F)F)c3)nc21. The molecule has 0 fully saturated rings. The molecule has 4 rings (SSSR count). The van der Waals surface area contributed by atoms with Crippen molar-refractivity contribution in [2.24, 2.45) is 7.05 Å². The van der Waals surface area contributed by atoms with Gasteiger partial charge in [-0.2, -0.15) is 5.10 Å². The first kappa shape index (κ1) is 21.8. The zero-order valence-electron chi connectivity index (χ0n) is 18.6. The van der Waals surface area contributed by atoms with Crippen LogP contribution in [0.3, 0.4) is 0 Å². The maximum absolute atomic E-state index is 13.9. The third kappa shape index (κ3) is 4.59. The van der Waals surface area contributed by atoms with E-state index in [9.17, 15) is 8.78 Å². The van der Waals surface area contributed by atoms with Crippen LogP contribution in [0, 0.1) is 0 Å². The van der Waals surface area contributed by atoms with Crippen LogP contribution >= 0.6 is 0 Å².